The summed E-state index contributed by atoms with van der Waals surface area (Å²) in [6.45, 7) is 4.89. The summed E-state index contributed by atoms with van der Waals surface area (Å²) < 4.78 is 28.6. The molecule has 1 unspecified atom stereocenters. The van der Waals surface area contributed by atoms with Crippen LogP contribution in [0.4, 0.5) is 0 Å². The van der Waals surface area contributed by atoms with Gasteiger partial charge >= 0.3 is 0 Å². The van der Waals surface area contributed by atoms with Crippen molar-refractivity contribution >= 4 is 9.84 Å². The smallest absolute Gasteiger partial charge is 0.175 e. The van der Waals surface area contributed by atoms with E-state index in [4.69, 9.17) is 4.74 Å². The Labute approximate surface area is 120 Å². The van der Waals surface area contributed by atoms with Crippen LogP contribution in [0.25, 0.3) is 0 Å². The van der Waals surface area contributed by atoms with E-state index in [0.717, 1.165) is 19.2 Å². The highest BCUT2D eigenvalue weighted by Gasteiger charge is 2.23. The van der Waals surface area contributed by atoms with E-state index >= 15 is 0 Å². The molecule has 0 aliphatic heterocycles. The van der Waals surface area contributed by atoms with Gasteiger partial charge in [-0.2, -0.15) is 0 Å². The Hall–Kier alpha value is -1.11. The van der Waals surface area contributed by atoms with Crippen molar-refractivity contribution in [1.82, 2.24) is 5.32 Å². The molecule has 0 radical (unpaired) electrons. The second-order valence-electron chi connectivity index (χ2n) is 5.18. The summed E-state index contributed by atoms with van der Waals surface area (Å²) in [5.41, 5.74) is -0.545. The zero-order valence-electron chi connectivity index (χ0n) is 12.2. The molecule has 0 bridgehead atoms. The molecule has 0 aromatic heterocycles. The van der Waals surface area contributed by atoms with Crippen molar-refractivity contribution in [3.8, 4) is 5.75 Å². The molecule has 0 heterocycles. The second kappa shape index (κ2) is 7.06. The molecule has 1 atom stereocenters. The molecule has 0 aliphatic rings. The highest BCUT2D eigenvalue weighted by atomic mass is 32.2. The van der Waals surface area contributed by atoms with Gasteiger partial charge in [-0.05, 0) is 38.1 Å². The van der Waals surface area contributed by atoms with E-state index in [0.29, 0.717) is 5.75 Å². The van der Waals surface area contributed by atoms with Crippen molar-refractivity contribution in [3.05, 3.63) is 24.3 Å². The molecule has 114 valence electrons. The highest BCUT2D eigenvalue weighted by Crippen LogP contribution is 2.18. The average Bonchev–Trinajstić information content (AvgIpc) is 2.42. The Morgan fingerprint density at radius 1 is 1.40 bits per heavy atom. The van der Waals surface area contributed by atoms with Crippen molar-refractivity contribution < 1.29 is 18.3 Å². The van der Waals surface area contributed by atoms with E-state index in [2.05, 4.69) is 5.32 Å². The van der Waals surface area contributed by atoms with Gasteiger partial charge in [0, 0.05) is 6.26 Å². The molecule has 5 nitrogen and oxygen atoms in total. The number of hydrogen-bond donors (Lipinski definition) is 2. The zero-order valence-corrected chi connectivity index (χ0v) is 13.0. The Morgan fingerprint density at radius 3 is 2.65 bits per heavy atom. The first-order valence-corrected chi connectivity index (χ1v) is 8.49. The number of sulfone groups is 1. The lowest BCUT2D eigenvalue weighted by Crippen LogP contribution is -2.50. The van der Waals surface area contributed by atoms with Gasteiger partial charge in [0.15, 0.2) is 9.84 Å². The molecule has 1 rings (SSSR count). The monoisotopic (exact) mass is 301 g/mol. The Kier molecular flexibility index (Phi) is 5.98. The Morgan fingerprint density at radius 2 is 2.10 bits per heavy atom. The second-order valence-corrected chi connectivity index (χ2v) is 7.20. The maximum atomic E-state index is 11.5. The first-order chi connectivity index (χ1) is 9.30. The lowest BCUT2D eigenvalue weighted by Gasteiger charge is -2.28. The molecule has 20 heavy (non-hydrogen) atoms. The van der Waals surface area contributed by atoms with E-state index in [-0.39, 0.29) is 18.1 Å². The quantitative estimate of drug-likeness (QED) is 0.755. The summed E-state index contributed by atoms with van der Waals surface area (Å²) in [7, 11) is -3.24. The third-order valence-corrected chi connectivity index (χ3v) is 4.05. The maximum Gasteiger partial charge on any atom is 0.175 e. The van der Waals surface area contributed by atoms with E-state index < -0.39 is 15.4 Å². The molecule has 0 fully saturated rings. The summed E-state index contributed by atoms with van der Waals surface area (Å²) >= 11 is 0. The van der Waals surface area contributed by atoms with Gasteiger partial charge in [0.1, 0.15) is 12.4 Å². The standard InChI is InChI=1S/C14H23NO4S/c1-4-8-15-14(2,10-16)11-19-12-6-5-7-13(9-12)20(3,17)18/h5-7,9,15-16H,4,8,10-11H2,1-3H3. The average molecular weight is 301 g/mol. The van der Waals surface area contributed by atoms with Gasteiger partial charge in [-0.25, -0.2) is 8.42 Å². The Balaban J connectivity index is 2.74. The number of rotatable bonds is 8. The summed E-state index contributed by atoms with van der Waals surface area (Å²) in [6, 6.07) is 6.36. The van der Waals surface area contributed by atoms with E-state index in [1.165, 1.54) is 12.1 Å². The predicted molar refractivity (Wildman–Crippen MR) is 78.8 cm³/mol. The minimum absolute atomic E-state index is 0.0568. The van der Waals surface area contributed by atoms with Crippen molar-refractivity contribution in [2.45, 2.75) is 30.7 Å². The van der Waals surface area contributed by atoms with Crippen molar-refractivity contribution in [2.24, 2.45) is 0 Å². The summed E-state index contributed by atoms with van der Waals surface area (Å²) in [5.74, 6) is 0.478. The molecule has 1 aromatic carbocycles. The first kappa shape index (κ1) is 16.9. The van der Waals surface area contributed by atoms with E-state index in [1.807, 2.05) is 13.8 Å². The molecule has 0 saturated heterocycles. The predicted octanol–water partition coefficient (Wildman–Crippen LogP) is 1.22. The van der Waals surface area contributed by atoms with Gasteiger partial charge in [-0.1, -0.05) is 13.0 Å². The maximum absolute atomic E-state index is 11.5. The van der Waals surface area contributed by atoms with Gasteiger partial charge in [-0.3, -0.25) is 0 Å². The van der Waals surface area contributed by atoms with E-state index in [1.54, 1.807) is 12.1 Å². The van der Waals surface area contributed by atoms with E-state index in [9.17, 15) is 13.5 Å². The molecular weight excluding hydrogens is 278 g/mol. The molecule has 1 aromatic rings. The van der Waals surface area contributed by atoms with Crippen LogP contribution < -0.4 is 10.1 Å². The summed E-state index contributed by atoms with van der Waals surface area (Å²) in [4.78, 5) is 0.224. The molecule has 2 N–H and O–H groups in total. The summed E-state index contributed by atoms with van der Waals surface area (Å²) in [5, 5.41) is 12.7. The Bertz CT molecular complexity index is 530. The number of aliphatic hydroxyl groups is 1. The molecule has 0 saturated carbocycles. The lowest BCUT2D eigenvalue weighted by molar-refractivity contribution is 0.116. The van der Waals surface area contributed by atoms with Crippen LogP contribution in [0.3, 0.4) is 0 Å². The van der Waals surface area contributed by atoms with Crippen LogP contribution in [0.5, 0.6) is 5.75 Å². The number of hydrogen-bond acceptors (Lipinski definition) is 5. The SMILES string of the molecule is CCCNC(C)(CO)COc1cccc(S(C)(=O)=O)c1. The normalized spacial score (nSPS) is 14.8. The van der Waals surface area contributed by atoms with Crippen molar-refractivity contribution in [1.29, 1.82) is 0 Å². The van der Waals surface area contributed by atoms with Gasteiger partial charge in [-0.15, -0.1) is 0 Å². The van der Waals surface area contributed by atoms with Gasteiger partial charge in [0.25, 0.3) is 0 Å². The number of benzene rings is 1. The van der Waals surface area contributed by atoms with Crippen LogP contribution in [0.1, 0.15) is 20.3 Å². The van der Waals surface area contributed by atoms with Crippen molar-refractivity contribution in [2.75, 3.05) is 26.0 Å². The molecule has 0 amide bonds. The first-order valence-electron chi connectivity index (χ1n) is 6.59. The third kappa shape index (κ3) is 5.11. The number of aliphatic hydroxyl groups excluding tert-OH is 1. The molecular formula is C14H23NO4S. The van der Waals surface area contributed by atoms with Crippen molar-refractivity contribution in [3.63, 3.8) is 0 Å². The lowest BCUT2D eigenvalue weighted by atomic mass is 10.1. The summed E-state index contributed by atoms with van der Waals surface area (Å²) in [6.07, 6.45) is 2.12. The minimum Gasteiger partial charge on any atom is -0.492 e. The largest absolute Gasteiger partial charge is 0.492 e. The van der Waals surface area contributed by atoms with Crippen LogP contribution in [0.2, 0.25) is 0 Å². The third-order valence-electron chi connectivity index (χ3n) is 2.94. The fraction of sp³-hybridized carbons (Fsp3) is 0.571. The number of ether oxygens (including phenoxy) is 1. The minimum atomic E-state index is -3.24. The fourth-order valence-electron chi connectivity index (χ4n) is 1.62. The van der Waals surface area contributed by atoms with Crippen LogP contribution in [-0.2, 0) is 9.84 Å². The fourth-order valence-corrected chi connectivity index (χ4v) is 2.27. The zero-order chi connectivity index (χ0) is 15.2. The van der Waals surface area contributed by atoms with Gasteiger partial charge in [0.05, 0.1) is 17.0 Å². The number of nitrogens with one attached hydrogen (secondary N) is 1. The van der Waals surface area contributed by atoms with Gasteiger partial charge < -0.3 is 15.2 Å². The molecule has 0 spiro atoms. The molecule has 6 heteroatoms. The van der Waals surface area contributed by atoms with Crippen LogP contribution >= 0.6 is 0 Å². The van der Waals surface area contributed by atoms with Gasteiger partial charge in [0.2, 0.25) is 0 Å². The topological polar surface area (TPSA) is 75.6 Å². The van der Waals surface area contributed by atoms with Crippen LogP contribution in [0, 0.1) is 0 Å². The molecule has 0 aliphatic carbocycles. The highest BCUT2D eigenvalue weighted by molar-refractivity contribution is 7.90. The van der Waals surface area contributed by atoms with Crippen LogP contribution in [0.15, 0.2) is 29.2 Å². The van der Waals surface area contributed by atoms with Crippen LogP contribution in [-0.4, -0.2) is 45.1 Å².